The molecule has 2 N–H and O–H groups in total. The van der Waals surface area contributed by atoms with Crippen LogP contribution in [-0.4, -0.2) is 23.6 Å². The van der Waals surface area contributed by atoms with E-state index in [2.05, 4.69) is 24.6 Å². The van der Waals surface area contributed by atoms with E-state index in [1.165, 1.54) is 10.4 Å². The Kier molecular flexibility index (Phi) is 4.36. The Morgan fingerprint density at radius 3 is 3.06 bits per heavy atom. The highest BCUT2D eigenvalue weighted by molar-refractivity contribution is 7.98. The van der Waals surface area contributed by atoms with E-state index < -0.39 is 0 Å². The third kappa shape index (κ3) is 2.97. The molecule has 1 aromatic heterocycles. The number of rotatable bonds is 5. The SMILES string of the molecule is CSCCCN1OC(N)=CC1c1sccc1C. The second-order valence-corrected chi connectivity index (χ2v) is 5.99. The standard InChI is InChI=1S/C12H18N2OS2/c1-9-4-7-17-12(9)10-8-11(13)15-14(10)5-3-6-16-2/h4,7-8,10H,3,5-6,13H2,1-2H3. The van der Waals surface area contributed by atoms with Crippen LogP contribution < -0.4 is 5.73 Å². The highest BCUT2D eigenvalue weighted by Crippen LogP contribution is 2.34. The van der Waals surface area contributed by atoms with E-state index in [-0.39, 0.29) is 6.04 Å². The van der Waals surface area contributed by atoms with Crippen molar-refractivity contribution in [2.45, 2.75) is 19.4 Å². The molecule has 2 heterocycles. The monoisotopic (exact) mass is 270 g/mol. The Bertz CT molecular complexity index is 403. The van der Waals surface area contributed by atoms with Gasteiger partial charge in [-0.05, 0) is 42.4 Å². The van der Waals surface area contributed by atoms with Gasteiger partial charge >= 0.3 is 0 Å². The van der Waals surface area contributed by atoms with Gasteiger partial charge in [0.2, 0.25) is 5.88 Å². The third-order valence-corrected chi connectivity index (χ3v) is 4.54. The van der Waals surface area contributed by atoms with Crippen LogP contribution in [0.15, 0.2) is 23.4 Å². The molecule has 17 heavy (non-hydrogen) atoms. The molecule has 1 unspecified atom stereocenters. The van der Waals surface area contributed by atoms with Gasteiger partial charge in [-0.15, -0.1) is 16.4 Å². The number of hydroxylamine groups is 2. The number of hydrogen-bond donors (Lipinski definition) is 1. The van der Waals surface area contributed by atoms with Crippen molar-refractivity contribution < 1.29 is 4.84 Å². The number of nitrogens with zero attached hydrogens (tertiary/aromatic N) is 1. The molecular weight excluding hydrogens is 252 g/mol. The Morgan fingerprint density at radius 2 is 2.41 bits per heavy atom. The van der Waals surface area contributed by atoms with Crippen molar-refractivity contribution >= 4 is 23.1 Å². The molecule has 0 spiro atoms. The van der Waals surface area contributed by atoms with Crippen LogP contribution in [0.2, 0.25) is 0 Å². The summed E-state index contributed by atoms with van der Waals surface area (Å²) in [7, 11) is 0. The first-order valence-electron chi connectivity index (χ1n) is 5.67. The van der Waals surface area contributed by atoms with Gasteiger partial charge in [0.25, 0.3) is 0 Å². The molecule has 0 saturated heterocycles. The highest BCUT2D eigenvalue weighted by atomic mass is 32.2. The molecule has 3 nitrogen and oxygen atoms in total. The lowest BCUT2D eigenvalue weighted by Gasteiger charge is -2.22. The van der Waals surface area contributed by atoms with Crippen LogP contribution in [0.25, 0.3) is 0 Å². The van der Waals surface area contributed by atoms with Crippen LogP contribution in [0.1, 0.15) is 22.9 Å². The number of thiophene rings is 1. The smallest absolute Gasteiger partial charge is 0.207 e. The Balaban J connectivity index is 2.05. The van der Waals surface area contributed by atoms with Crippen LogP contribution in [-0.2, 0) is 4.84 Å². The molecule has 0 radical (unpaired) electrons. The summed E-state index contributed by atoms with van der Waals surface area (Å²) in [5.41, 5.74) is 7.08. The molecule has 1 aromatic rings. The molecule has 0 aromatic carbocycles. The van der Waals surface area contributed by atoms with E-state index in [1.54, 1.807) is 11.3 Å². The fraction of sp³-hybridized carbons (Fsp3) is 0.500. The first kappa shape index (κ1) is 12.8. The number of thioether (sulfide) groups is 1. The molecule has 5 heteroatoms. The molecule has 1 atom stereocenters. The van der Waals surface area contributed by atoms with E-state index in [9.17, 15) is 0 Å². The lowest BCUT2D eigenvalue weighted by Crippen LogP contribution is -2.25. The molecule has 1 aliphatic rings. The second kappa shape index (κ2) is 5.80. The summed E-state index contributed by atoms with van der Waals surface area (Å²) in [4.78, 5) is 6.90. The van der Waals surface area contributed by atoms with Gasteiger partial charge in [-0.3, -0.25) is 0 Å². The third-order valence-electron chi connectivity index (χ3n) is 2.75. The molecule has 0 amide bonds. The quantitative estimate of drug-likeness (QED) is 0.835. The summed E-state index contributed by atoms with van der Waals surface area (Å²) in [5, 5.41) is 4.11. The number of hydrogen-bond acceptors (Lipinski definition) is 5. The van der Waals surface area contributed by atoms with Gasteiger partial charge < -0.3 is 10.6 Å². The molecule has 0 fully saturated rings. The summed E-state index contributed by atoms with van der Waals surface area (Å²) < 4.78 is 0. The topological polar surface area (TPSA) is 38.5 Å². The molecule has 0 aliphatic carbocycles. The van der Waals surface area contributed by atoms with Crippen LogP contribution in [0, 0.1) is 6.92 Å². The van der Waals surface area contributed by atoms with Crippen molar-refractivity contribution in [1.82, 2.24) is 5.06 Å². The average molecular weight is 270 g/mol. The van der Waals surface area contributed by atoms with Crippen molar-refractivity contribution in [2.75, 3.05) is 18.6 Å². The Morgan fingerprint density at radius 1 is 1.59 bits per heavy atom. The fourth-order valence-electron chi connectivity index (χ4n) is 1.90. The fourth-order valence-corrected chi connectivity index (χ4v) is 3.32. The zero-order valence-corrected chi connectivity index (χ0v) is 11.8. The minimum absolute atomic E-state index is 0.192. The minimum atomic E-state index is 0.192. The van der Waals surface area contributed by atoms with Crippen LogP contribution >= 0.6 is 23.1 Å². The van der Waals surface area contributed by atoms with Gasteiger partial charge in [-0.1, -0.05) is 0 Å². The normalized spacial score (nSPS) is 20.4. The Labute approximate surface area is 111 Å². The summed E-state index contributed by atoms with van der Waals surface area (Å²) >= 11 is 3.62. The van der Waals surface area contributed by atoms with E-state index in [1.807, 2.05) is 22.9 Å². The van der Waals surface area contributed by atoms with Crippen molar-refractivity contribution in [3.63, 3.8) is 0 Å². The minimum Gasteiger partial charge on any atom is -0.388 e. The van der Waals surface area contributed by atoms with Crippen LogP contribution in [0.5, 0.6) is 0 Å². The maximum atomic E-state index is 5.77. The van der Waals surface area contributed by atoms with E-state index in [0.29, 0.717) is 5.88 Å². The zero-order chi connectivity index (χ0) is 12.3. The molecule has 0 saturated carbocycles. The van der Waals surface area contributed by atoms with E-state index in [0.717, 1.165) is 18.7 Å². The molecule has 1 aliphatic heterocycles. The van der Waals surface area contributed by atoms with Crippen LogP contribution in [0.4, 0.5) is 0 Å². The Hall–Kier alpha value is -0.650. The van der Waals surface area contributed by atoms with Gasteiger partial charge in [-0.25, -0.2) is 0 Å². The zero-order valence-electron chi connectivity index (χ0n) is 10.2. The van der Waals surface area contributed by atoms with Gasteiger partial charge in [0, 0.05) is 17.5 Å². The lowest BCUT2D eigenvalue weighted by molar-refractivity contribution is -0.118. The second-order valence-electron chi connectivity index (χ2n) is 4.06. The maximum Gasteiger partial charge on any atom is 0.207 e. The lowest BCUT2D eigenvalue weighted by atomic mass is 10.1. The van der Waals surface area contributed by atoms with E-state index in [4.69, 9.17) is 10.6 Å². The predicted molar refractivity (Wildman–Crippen MR) is 74.9 cm³/mol. The summed E-state index contributed by atoms with van der Waals surface area (Å²) in [6.45, 7) is 3.05. The molecular formula is C12H18N2OS2. The summed E-state index contributed by atoms with van der Waals surface area (Å²) in [6.07, 6.45) is 5.24. The average Bonchev–Trinajstić information content (AvgIpc) is 2.85. The van der Waals surface area contributed by atoms with Gasteiger partial charge in [0.05, 0.1) is 0 Å². The van der Waals surface area contributed by atoms with Crippen molar-refractivity contribution in [1.29, 1.82) is 0 Å². The number of aryl methyl sites for hydroxylation is 1. The first-order valence-corrected chi connectivity index (χ1v) is 7.94. The van der Waals surface area contributed by atoms with Gasteiger partial charge in [-0.2, -0.15) is 11.8 Å². The van der Waals surface area contributed by atoms with Crippen LogP contribution in [0.3, 0.4) is 0 Å². The summed E-state index contributed by atoms with van der Waals surface area (Å²) in [5.74, 6) is 1.67. The van der Waals surface area contributed by atoms with Crippen molar-refractivity contribution in [3.05, 3.63) is 33.8 Å². The first-order chi connectivity index (χ1) is 8.22. The highest BCUT2D eigenvalue weighted by Gasteiger charge is 2.28. The largest absolute Gasteiger partial charge is 0.388 e. The molecule has 94 valence electrons. The molecule has 0 bridgehead atoms. The van der Waals surface area contributed by atoms with Gasteiger partial charge in [0.1, 0.15) is 6.04 Å². The van der Waals surface area contributed by atoms with E-state index >= 15 is 0 Å². The number of nitrogens with two attached hydrogens (primary N) is 1. The van der Waals surface area contributed by atoms with Crippen molar-refractivity contribution in [2.24, 2.45) is 5.73 Å². The molecule has 2 rings (SSSR count). The van der Waals surface area contributed by atoms with Gasteiger partial charge in [0.15, 0.2) is 0 Å². The predicted octanol–water partition coefficient (Wildman–Crippen LogP) is 2.90. The maximum absolute atomic E-state index is 5.77. The van der Waals surface area contributed by atoms with Crippen molar-refractivity contribution in [3.8, 4) is 0 Å². The summed E-state index contributed by atoms with van der Waals surface area (Å²) in [6, 6.07) is 2.33.